The predicted molar refractivity (Wildman–Crippen MR) is 135 cm³/mol. The van der Waals surface area contributed by atoms with Crippen molar-refractivity contribution in [2.45, 2.75) is 50.7 Å². The highest BCUT2D eigenvalue weighted by Gasteiger charge is 2.36. The fourth-order valence-electron chi connectivity index (χ4n) is 4.47. The number of benzene rings is 2. The molecule has 8 nitrogen and oxygen atoms in total. The van der Waals surface area contributed by atoms with Crippen molar-refractivity contribution in [1.29, 1.82) is 0 Å². The number of nitrogens with zero attached hydrogens (tertiary/aromatic N) is 2. The zero-order valence-electron chi connectivity index (χ0n) is 20.0. The number of nitrogen functional groups attached to an aromatic ring is 1. The monoisotopic (exact) mass is 527 g/mol. The van der Waals surface area contributed by atoms with E-state index in [0.29, 0.717) is 22.7 Å². The minimum absolute atomic E-state index is 0.0538. The molecule has 1 aromatic heterocycles. The maximum atomic E-state index is 13.9. The number of halogens is 2. The number of nitrogens with one attached hydrogen (secondary N) is 1. The number of hydrogen-bond donors (Lipinski definition) is 3. The second-order valence-corrected chi connectivity index (χ2v) is 9.77. The second-order valence-electron chi connectivity index (χ2n) is 9.00. The van der Waals surface area contributed by atoms with Gasteiger partial charge in [0.25, 0.3) is 11.8 Å². The molecule has 1 heterocycles. The SMILES string of the molecule is NC(=O)c1nsc(C(=O)N(Cc2ccc(F)cc2)[C@H](C(=O)NC2CCCCC2)c2ccc(F)cc2)c1N. The van der Waals surface area contributed by atoms with Gasteiger partial charge in [-0.1, -0.05) is 43.5 Å². The highest BCUT2D eigenvalue weighted by Crippen LogP contribution is 2.31. The summed E-state index contributed by atoms with van der Waals surface area (Å²) in [6.07, 6.45) is 4.69. The van der Waals surface area contributed by atoms with Crippen molar-refractivity contribution < 1.29 is 23.2 Å². The molecule has 0 spiro atoms. The zero-order chi connectivity index (χ0) is 26.5. The van der Waals surface area contributed by atoms with Crippen molar-refractivity contribution in [2.75, 3.05) is 5.73 Å². The Balaban J connectivity index is 1.78. The topological polar surface area (TPSA) is 131 Å². The van der Waals surface area contributed by atoms with Gasteiger partial charge in [-0.2, -0.15) is 4.37 Å². The lowest BCUT2D eigenvalue weighted by atomic mass is 9.94. The molecular formula is C26H27F2N5O3S. The van der Waals surface area contributed by atoms with Gasteiger partial charge in [0.05, 0.1) is 5.69 Å². The third-order valence-electron chi connectivity index (χ3n) is 6.38. The summed E-state index contributed by atoms with van der Waals surface area (Å²) in [5.41, 5.74) is 11.9. The summed E-state index contributed by atoms with van der Waals surface area (Å²) in [6.45, 7) is -0.0948. The summed E-state index contributed by atoms with van der Waals surface area (Å²) in [7, 11) is 0. The van der Waals surface area contributed by atoms with Crippen LogP contribution >= 0.6 is 11.5 Å². The molecule has 37 heavy (non-hydrogen) atoms. The largest absolute Gasteiger partial charge is 0.395 e. The average Bonchev–Trinajstić information content (AvgIpc) is 3.27. The van der Waals surface area contributed by atoms with Crippen LogP contribution in [0.4, 0.5) is 14.5 Å². The van der Waals surface area contributed by atoms with Crippen LogP contribution in [0.1, 0.15) is 69.4 Å². The Morgan fingerprint density at radius 1 is 1.00 bits per heavy atom. The third kappa shape index (κ3) is 6.11. The first-order chi connectivity index (χ1) is 17.7. The second kappa shape index (κ2) is 11.5. The molecule has 3 amide bonds. The van der Waals surface area contributed by atoms with Crippen LogP contribution in [-0.4, -0.2) is 33.0 Å². The summed E-state index contributed by atoms with van der Waals surface area (Å²) in [4.78, 5) is 40.5. The van der Waals surface area contributed by atoms with Crippen LogP contribution in [-0.2, 0) is 11.3 Å². The molecule has 2 aromatic carbocycles. The quantitative estimate of drug-likeness (QED) is 0.408. The molecule has 194 valence electrons. The lowest BCUT2D eigenvalue weighted by Gasteiger charge is -2.33. The van der Waals surface area contributed by atoms with Gasteiger partial charge in [0.2, 0.25) is 5.91 Å². The Morgan fingerprint density at radius 3 is 2.16 bits per heavy atom. The number of primary amides is 1. The normalized spacial score (nSPS) is 14.6. The smallest absolute Gasteiger partial charge is 0.270 e. The first-order valence-electron chi connectivity index (χ1n) is 11.9. The van der Waals surface area contributed by atoms with E-state index in [4.69, 9.17) is 11.5 Å². The molecule has 1 atom stereocenters. The number of anilines is 1. The number of nitrogens with two attached hydrogens (primary N) is 2. The number of aromatic nitrogens is 1. The Hall–Kier alpha value is -3.86. The van der Waals surface area contributed by atoms with Crippen LogP contribution in [0.5, 0.6) is 0 Å². The van der Waals surface area contributed by atoms with E-state index in [1.807, 2.05) is 0 Å². The van der Waals surface area contributed by atoms with Gasteiger partial charge in [-0.15, -0.1) is 0 Å². The van der Waals surface area contributed by atoms with Crippen molar-refractivity contribution in [3.63, 3.8) is 0 Å². The molecular weight excluding hydrogens is 500 g/mol. The molecule has 1 aliphatic rings. The molecule has 0 bridgehead atoms. The van der Waals surface area contributed by atoms with Crippen LogP contribution in [0.15, 0.2) is 48.5 Å². The van der Waals surface area contributed by atoms with E-state index in [-0.39, 0.29) is 28.8 Å². The van der Waals surface area contributed by atoms with Crippen molar-refractivity contribution in [3.8, 4) is 0 Å². The van der Waals surface area contributed by atoms with E-state index in [9.17, 15) is 23.2 Å². The fraction of sp³-hybridized carbons (Fsp3) is 0.308. The van der Waals surface area contributed by atoms with Gasteiger partial charge in [0.15, 0.2) is 5.69 Å². The number of amides is 3. The van der Waals surface area contributed by atoms with Crippen LogP contribution in [0, 0.1) is 11.6 Å². The van der Waals surface area contributed by atoms with Crippen molar-refractivity contribution in [1.82, 2.24) is 14.6 Å². The van der Waals surface area contributed by atoms with Gasteiger partial charge in [-0.05, 0) is 59.8 Å². The molecule has 4 rings (SSSR count). The number of hydrogen-bond acceptors (Lipinski definition) is 6. The summed E-state index contributed by atoms with van der Waals surface area (Å²) < 4.78 is 31.3. The highest BCUT2D eigenvalue weighted by molar-refractivity contribution is 7.09. The molecule has 0 saturated heterocycles. The number of carbonyl (C=O) groups is 3. The van der Waals surface area contributed by atoms with E-state index < -0.39 is 35.4 Å². The van der Waals surface area contributed by atoms with Crippen molar-refractivity contribution >= 4 is 34.9 Å². The first kappa shape index (κ1) is 26.2. The third-order valence-corrected chi connectivity index (χ3v) is 7.23. The minimum Gasteiger partial charge on any atom is -0.395 e. The molecule has 3 aromatic rings. The molecule has 0 aliphatic heterocycles. The maximum absolute atomic E-state index is 13.9. The average molecular weight is 528 g/mol. The standard InChI is InChI=1S/C26H27F2N5O3S/c27-17-10-6-15(7-11-17)14-33(26(36)23-20(29)21(24(30)34)32-37-23)22(16-8-12-18(28)13-9-16)25(35)31-19-4-2-1-3-5-19/h6-13,19,22H,1-5,14,29H2,(H2,30,34)(H,31,35)/t22-/m0/s1. The zero-order valence-corrected chi connectivity index (χ0v) is 20.8. The molecule has 0 radical (unpaired) electrons. The van der Waals surface area contributed by atoms with Crippen LogP contribution in [0.25, 0.3) is 0 Å². The van der Waals surface area contributed by atoms with Gasteiger partial charge in [-0.3, -0.25) is 14.4 Å². The summed E-state index contributed by atoms with van der Waals surface area (Å²) in [6, 6.07) is 9.58. The maximum Gasteiger partial charge on any atom is 0.270 e. The fourth-order valence-corrected chi connectivity index (χ4v) is 5.23. The minimum atomic E-state index is -1.17. The van der Waals surface area contributed by atoms with Gasteiger partial charge >= 0.3 is 0 Å². The van der Waals surface area contributed by atoms with Gasteiger partial charge in [0.1, 0.15) is 22.6 Å². The van der Waals surface area contributed by atoms with E-state index in [1.165, 1.54) is 53.4 Å². The first-order valence-corrected chi connectivity index (χ1v) is 12.7. The number of carbonyl (C=O) groups excluding carboxylic acids is 3. The number of rotatable bonds is 8. The summed E-state index contributed by atoms with van der Waals surface area (Å²) in [5, 5.41) is 3.05. The Labute approximate surface area is 216 Å². The molecule has 1 fully saturated rings. The lowest BCUT2D eigenvalue weighted by Crippen LogP contribution is -2.46. The highest BCUT2D eigenvalue weighted by atomic mass is 32.1. The van der Waals surface area contributed by atoms with Crippen LogP contribution in [0.3, 0.4) is 0 Å². The summed E-state index contributed by atoms with van der Waals surface area (Å²) in [5.74, 6) is -2.94. The van der Waals surface area contributed by atoms with E-state index >= 15 is 0 Å². The lowest BCUT2D eigenvalue weighted by molar-refractivity contribution is -0.127. The van der Waals surface area contributed by atoms with E-state index in [2.05, 4.69) is 9.69 Å². The van der Waals surface area contributed by atoms with Crippen molar-refractivity contribution in [2.24, 2.45) is 5.73 Å². The van der Waals surface area contributed by atoms with Gasteiger partial charge < -0.3 is 21.7 Å². The van der Waals surface area contributed by atoms with Gasteiger partial charge in [0, 0.05) is 12.6 Å². The Bertz CT molecular complexity index is 1270. The van der Waals surface area contributed by atoms with Crippen LogP contribution in [0.2, 0.25) is 0 Å². The predicted octanol–water partition coefficient (Wildman–Crippen LogP) is 3.94. The molecule has 11 heteroatoms. The Morgan fingerprint density at radius 2 is 1.59 bits per heavy atom. The van der Waals surface area contributed by atoms with Crippen LogP contribution < -0.4 is 16.8 Å². The van der Waals surface area contributed by atoms with Gasteiger partial charge in [-0.25, -0.2) is 8.78 Å². The molecule has 5 N–H and O–H groups in total. The Kier molecular flexibility index (Phi) is 8.12. The summed E-state index contributed by atoms with van der Waals surface area (Å²) >= 11 is 0.698. The molecule has 1 saturated carbocycles. The van der Waals surface area contributed by atoms with Crippen molar-refractivity contribution in [3.05, 3.63) is 81.9 Å². The van der Waals surface area contributed by atoms with E-state index in [0.717, 1.165) is 32.1 Å². The molecule has 0 unspecified atom stereocenters. The molecule has 1 aliphatic carbocycles. The van der Waals surface area contributed by atoms with E-state index in [1.54, 1.807) is 0 Å².